The van der Waals surface area contributed by atoms with Crippen molar-refractivity contribution in [3.63, 3.8) is 0 Å². The zero-order chi connectivity index (χ0) is 20.2. The summed E-state index contributed by atoms with van der Waals surface area (Å²) in [5.41, 5.74) is 2.70. The third kappa shape index (κ3) is 2.93. The van der Waals surface area contributed by atoms with E-state index in [1.807, 2.05) is 24.3 Å². The van der Waals surface area contributed by atoms with Crippen LogP contribution in [0.2, 0.25) is 0 Å². The van der Waals surface area contributed by atoms with Gasteiger partial charge in [-0.25, -0.2) is 4.39 Å². The predicted molar refractivity (Wildman–Crippen MR) is 113 cm³/mol. The van der Waals surface area contributed by atoms with Crippen LogP contribution in [-0.2, 0) is 6.42 Å². The number of halogens is 1. The molecule has 0 aromatic heterocycles. The number of fused-ring (bicyclic) bond motifs is 5. The number of hydrogen-bond donors (Lipinski definition) is 2. The SMILES string of the molecule is C[C@]12CCC3c4ccc(O)cc4CCC3C1CC[C@@]2(O)/C=C/c1ccc(F)cc1. The van der Waals surface area contributed by atoms with Crippen LogP contribution in [0.4, 0.5) is 4.39 Å². The summed E-state index contributed by atoms with van der Waals surface area (Å²) in [5, 5.41) is 21.5. The average molecular weight is 393 g/mol. The summed E-state index contributed by atoms with van der Waals surface area (Å²) < 4.78 is 13.2. The third-order valence-electron chi connectivity index (χ3n) is 8.35. The van der Waals surface area contributed by atoms with Crippen molar-refractivity contribution < 1.29 is 14.6 Å². The van der Waals surface area contributed by atoms with E-state index in [9.17, 15) is 14.6 Å². The summed E-state index contributed by atoms with van der Waals surface area (Å²) in [7, 11) is 0. The number of aryl methyl sites for hydroxylation is 1. The number of benzene rings is 2. The molecule has 3 heteroatoms. The largest absolute Gasteiger partial charge is 0.508 e. The van der Waals surface area contributed by atoms with Crippen molar-refractivity contribution in [2.45, 2.75) is 57.0 Å². The second kappa shape index (κ2) is 6.70. The van der Waals surface area contributed by atoms with Gasteiger partial charge in [-0.1, -0.05) is 37.3 Å². The molecule has 3 aliphatic rings. The van der Waals surface area contributed by atoms with Crippen molar-refractivity contribution in [1.82, 2.24) is 0 Å². The Hall–Kier alpha value is -2.13. The molecule has 0 radical (unpaired) electrons. The van der Waals surface area contributed by atoms with E-state index in [4.69, 9.17) is 0 Å². The van der Waals surface area contributed by atoms with Crippen molar-refractivity contribution in [2.75, 3.05) is 0 Å². The van der Waals surface area contributed by atoms with Crippen molar-refractivity contribution in [2.24, 2.45) is 17.3 Å². The number of aliphatic hydroxyl groups is 1. The quantitative estimate of drug-likeness (QED) is 0.675. The van der Waals surface area contributed by atoms with Crippen LogP contribution < -0.4 is 0 Å². The molecule has 2 aromatic carbocycles. The van der Waals surface area contributed by atoms with Crippen LogP contribution in [0, 0.1) is 23.1 Å². The topological polar surface area (TPSA) is 40.5 Å². The fraction of sp³-hybridized carbons (Fsp3) is 0.462. The van der Waals surface area contributed by atoms with E-state index in [-0.39, 0.29) is 11.2 Å². The maximum absolute atomic E-state index is 13.2. The van der Waals surface area contributed by atoms with Gasteiger partial charge in [-0.05, 0) is 97.2 Å². The van der Waals surface area contributed by atoms with Crippen LogP contribution in [0.5, 0.6) is 5.75 Å². The van der Waals surface area contributed by atoms with Crippen molar-refractivity contribution in [3.8, 4) is 5.75 Å². The van der Waals surface area contributed by atoms with Crippen LogP contribution in [0.1, 0.15) is 61.6 Å². The van der Waals surface area contributed by atoms with E-state index in [0.29, 0.717) is 23.5 Å². The minimum atomic E-state index is -0.813. The maximum atomic E-state index is 13.2. The molecule has 5 atom stereocenters. The zero-order valence-corrected chi connectivity index (χ0v) is 16.9. The molecule has 2 N–H and O–H groups in total. The van der Waals surface area contributed by atoms with E-state index >= 15 is 0 Å². The highest BCUT2D eigenvalue weighted by Crippen LogP contribution is 2.64. The van der Waals surface area contributed by atoms with Gasteiger partial charge in [0.1, 0.15) is 11.6 Å². The first-order valence-electron chi connectivity index (χ1n) is 10.9. The molecule has 0 saturated heterocycles. The third-order valence-corrected chi connectivity index (χ3v) is 8.35. The van der Waals surface area contributed by atoms with Gasteiger partial charge in [-0.3, -0.25) is 0 Å². The molecule has 2 saturated carbocycles. The molecule has 2 nitrogen and oxygen atoms in total. The Bertz CT molecular complexity index is 950. The van der Waals surface area contributed by atoms with Crippen LogP contribution in [-0.4, -0.2) is 15.8 Å². The Morgan fingerprint density at radius 3 is 2.62 bits per heavy atom. The highest BCUT2D eigenvalue weighted by atomic mass is 19.1. The van der Waals surface area contributed by atoms with E-state index in [0.717, 1.165) is 44.1 Å². The summed E-state index contributed by atoms with van der Waals surface area (Å²) in [6, 6.07) is 12.3. The smallest absolute Gasteiger partial charge is 0.123 e. The van der Waals surface area contributed by atoms with E-state index in [1.165, 1.54) is 23.3 Å². The summed E-state index contributed by atoms with van der Waals surface area (Å²) in [6.07, 6.45) is 10.0. The molecule has 3 unspecified atom stereocenters. The summed E-state index contributed by atoms with van der Waals surface area (Å²) in [6.45, 7) is 2.28. The van der Waals surface area contributed by atoms with Gasteiger partial charge in [0, 0.05) is 5.41 Å². The van der Waals surface area contributed by atoms with Crippen molar-refractivity contribution in [1.29, 1.82) is 0 Å². The fourth-order valence-electron chi connectivity index (χ4n) is 6.70. The molecule has 3 aliphatic carbocycles. The van der Waals surface area contributed by atoms with Gasteiger partial charge in [-0.2, -0.15) is 0 Å². The first-order valence-corrected chi connectivity index (χ1v) is 10.9. The lowest BCUT2D eigenvalue weighted by molar-refractivity contribution is -0.0705. The summed E-state index contributed by atoms with van der Waals surface area (Å²) >= 11 is 0. The molecule has 0 heterocycles. The first-order chi connectivity index (χ1) is 13.9. The van der Waals surface area contributed by atoms with Gasteiger partial charge >= 0.3 is 0 Å². The number of hydrogen-bond acceptors (Lipinski definition) is 2. The Kier molecular flexibility index (Phi) is 4.36. The lowest BCUT2D eigenvalue weighted by Crippen LogP contribution is -2.49. The molecule has 0 spiro atoms. The Balaban J connectivity index is 1.42. The van der Waals surface area contributed by atoms with Gasteiger partial charge < -0.3 is 10.2 Å². The predicted octanol–water partition coefficient (Wildman–Crippen LogP) is 5.83. The second-order valence-electron chi connectivity index (χ2n) is 9.60. The van der Waals surface area contributed by atoms with Gasteiger partial charge in [-0.15, -0.1) is 0 Å². The van der Waals surface area contributed by atoms with Crippen LogP contribution in [0.3, 0.4) is 0 Å². The van der Waals surface area contributed by atoms with Crippen LogP contribution in [0.15, 0.2) is 48.5 Å². The highest BCUT2D eigenvalue weighted by molar-refractivity contribution is 5.51. The number of aromatic hydroxyl groups is 1. The minimum Gasteiger partial charge on any atom is -0.508 e. The van der Waals surface area contributed by atoms with Gasteiger partial charge in [0.15, 0.2) is 0 Å². The Morgan fingerprint density at radius 2 is 1.83 bits per heavy atom. The molecule has 29 heavy (non-hydrogen) atoms. The number of rotatable bonds is 2. The fourth-order valence-corrected chi connectivity index (χ4v) is 6.70. The minimum absolute atomic E-state index is 0.126. The number of phenolic OH excluding ortho intramolecular Hbond substituents is 1. The lowest BCUT2D eigenvalue weighted by Gasteiger charge is -2.52. The monoisotopic (exact) mass is 392 g/mol. The molecule has 0 aliphatic heterocycles. The Morgan fingerprint density at radius 1 is 1.03 bits per heavy atom. The van der Waals surface area contributed by atoms with Crippen molar-refractivity contribution >= 4 is 6.08 Å². The highest BCUT2D eigenvalue weighted by Gasteiger charge is 2.60. The molecule has 152 valence electrons. The van der Waals surface area contributed by atoms with Gasteiger partial charge in [0.05, 0.1) is 5.60 Å². The van der Waals surface area contributed by atoms with Gasteiger partial charge in [0.25, 0.3) is 0 Å². The maximum Gasteiger partial charge on any atom is 0.123 e. The van der Waals surface area contributed by atoms with Crippen LogP contribution in [0.25, 0.3) is 6.08 Å². The summed E-state index contributed by atoms with van der Waals surface area (Å²) in [4.78, 5) is 0. The van der Waals surface area contributed by atoms with Crippen LogP contribution >= 0.6 is 0 Å². The normalized spacial score (nSPS) is 35.9. The molecular formula is C26H29FO2. The molecular weight excluding hydrogens is 363 g/mol. The average Bonchev–Trinajstić information content (AvgIpc) is 2.98. The molecule has 0 bridgehead atoms. The molecule has 2 aromatic rings. The van der Waals surface area contributed by atoms with Crippen molar-refractivity contribution in [3.05, 3.63) is 71.0 Å². The molecule has 5 rings (SSSR count). The number of phenols is 1. The Labute approximate surface area is 172 Å². The second-order valence-corrected chi connectivity index (χ2v) is 9.60. The summed E-state index contributed by atoms with van der Waals surface area (Å²) in [5.74, 6) is 1.77. The van der Waals surface area contributed by atoms with Gasteiger partial charge in [0.2, 0.25) is 0 Å². The molecule has 0 amide bonds. The van der Waals surface area contributed by atoms with E-state index in [2.05, 4.69) is 13.0 Å². The zero-order valence-electron chi connectivity index (χ0n) is 16.9. The standard InChI is InChI=1S/C26H29FO2/c1-25-13-11-22-21-9-7-20(28)16-18(21)4-8-23(22)24(25)12-15-26(25,29)14-10-17-2-5-19(27)6-3-17/h2-3,5-7,9-10,14,16,22-24,28-29H,4,8,11-13,15H2,1H3/b14-10+/t22?,23?,24?,25-,26-/m0/s1. The first kappa shape index (κ1) is 18.9. The lowest BCUT2D eigenvalue weighted by atomic mass is 9.53. The van der Waals surface area contributed by atoms with E-state index in [1.54, 1.807) is 12.1 Å². The van der Waals surface area contributed by atoms with E-state index < -0.39 is 5.60 Å². The molecule has 2 fully saturated rings.